The van der Waals surface area contributed by atoms with Crippen LogP contribution in [0.2, 0.25) is 18.1 Å². The van der Waals surface area contributed by atoms with Gasteiger partial charge in [0.05, 0.1) is 0 Å². The third-order valence-electron chi connectivity index (χ3n) is 7.66. The summed E-state index contributed by atoms with van der Waals surface area (Å²) >= 11 is 0. The number of aryl methyl sites for hydroxylation is 1. The summed E-state index contributed by atoms with van der Waals surface area (Å²) < 4.78 is 6.53. The fourth-order valence-corrected chi connectivity index (χ4v) is 5.92. The maximum Gasteiger partial charge on any atom is 0.250 e. The van der Waals surface area contributed by atoms with Crippen LogP contribution in [0.1, 0.15) is 71.4 Å². The molecular weight excluding hydrogens is 352 g/mol. The molecule has 0 heterocycles. The minimum atomic E-state index is -1.87. The number of carbonyl (C=O) groups is 1. The van der Waals surface area contributed by atoms with Gasteiger partial charge in [0.1, 0.15) is 11.4 Å². The van der Waals surface area contributed by atoms with Crippen LogP contribution < -0.4 is 4.43 Å². The van der Waals surface area contributed by atoms with E-state index in [2.05, 4.69) is 59.0 Å². The molecule has 0 bridgehead atoms. The summed E-state index contributed by atoms with van der Waals surface area (Å²) in [6.45, 7) is 15.2. The Morgan fingerprint density at radius 1 is 1.30 bits per heavy atom. The second kappa shape index (κ2) is 6.45. The van der Waals surface area contributed by atoms with Crippen molar-refractivity contribution in [2.75, 3.05) is 0 Å². The Bertz CT molecular complexity index is 744. The Hall–Kier alpha value is -1.13. The maximum atomic E-state index is 12.4. The van der Waals surface area contributed by atoms with Gasteiger partial charge in [0, 0.05) is 11.8 Å². The monoisotopic (exact) mass is 388 g/mol. The molecule has 1 fully saturated rings. The van der Waals surface area contributed by atoms with Crippen LogP contribution in [0.4, 0.5) is 0 Å². The molecule has 2 aliphatic carbocycles. The van der Waals surface area contributed by atoms with Crippen molar-refractivity contribution >= 4 is 14.1 Å². The molecule has 1 aromatic rings. The van der Waals surface area contributed by atoms with Gasteiger partial charge >= 0.3 is 0 Å². The van der Waals surface area contributed by atoms with Crippen molar-refractivity contribution in [1.82, 2.24) is 0 Å². The average Bonchev–Trinajstić information content (AvgIpc) is 2.54. The van der Waals surface area contributed by atoms with E-state index in [1.54, 1.807) is 6.92 Å². The van der Waals surface area contributed by atoms with E-state index >= 15 is 0 Å². The van der Waals surface area contributed by atoms with Crippen molar-refractivity contribution in [1.29, 1.82) is 0 Å². The largest absolute Gasteiger partial charge is 0.543 e. The number of aliphatic hydroxyl groups is 1. The minimum absolute atomic E-state index is 0.0119. The first-order valence-corrected chi connectivity index (χ1v) is 13.3. The van der Waals surface area contributed by atoms with Gasteiger partial charge in [-0.2, -0.15) is 0 Å². The van der Waals surface area contributed by atoms with Gasteiger partial charge in [-0.05, 0) is 79.9 Å². The van der Waals surface area contributed by atoms with Crippen molar-refractivity contribution in [3.63, 3.8) is 0 Å². The molecule has 0 radical (unpaired) electrons. The Morgan fingerprint density at radius 2 is 1.96 bits per heavy atom. The highest BCUT2D eigenvalue weighted by atomic mass is 28.4. The Labute approximate surface area is 165 Å². The molecule has 3 atom stereocenters. The first-order valence-electron chi connectivity index (χ1n) is 10.4. The van der Waals surface area contributed by atoms with Crippen LogP contribution in [-0.4, -0.2) is 24.8 Å². The second-order valence-corrected chi connectivity index (χ2v) is 15.2. The highest BCUT2D eigenvalue weighted by Gasteiger charge is 2.53. The summed E-state index contributed by atoms with van der Waals surface area (Å²) in [6.07, 6.45) is 4.01. The smallest absolute Gasteiger partial charge is 0.250 e. The van der Waals surface area contributed by atoms with E-state index in [1.807, 2.05) is 0 Å². The van der Waals surface area contributed by atoms with Gasteiger partial charge in [0.2, 0.25) is 8.32 Å². The minimum Gasteiger partial charge on any atom is -0.543 e. The molecule has 1 N–H and O–H groups in total. The van der Waals surface area contributed by atoms with Gasteiger partial charge in [0.25, 0.3) is 0 Å². The first kappa shape index (κ1) is 20.6. The van der Waals surface area contributed by atoms with Gasteiger partial charge in [-0.3, -0.25) is 4.79 Å². The predicted octanol–water partition coefficient (Wildman–Crippen LogP) is 5.39. The van der Waals surface area contributed by atoms with Crippen molar-refractivity contribution in [2.24, 2.45) is 5.92 Å². The van der Waals surface area contributed by atoms with E-state index < -0.39 is 13.9 Å². The van der Waals surface area contributed by atoms with E-state index in [0.717, 1.165) is 25.0 Å². The zero-order valence-corrected chi connectivity index (χ0v) is 19.1. The summed E-state index contributed by atoms with van der Waals surface area (Å²) in [7, 11) is -1.87. The fraction of sp³-hybridized carbons (Fsp3) is 0.696. The van der Waals surface area contributed by atoms with E-state index in [-0.39, 0.29) is 16.2 Å². The lowest BCUT2D eigenvalue weighted by Gasteiger charge is -2.52. The molecule has 0 saturated heterocycles. The molecule has 1 aromatic carbocycles. The fourth-order valence-electron chi connectivity index (χ4n) is 4.90. The maximum absolute atomic E-state index is 12.4. The van der Waals surface area contributed by atoms with Crippen LogP contribution in [0.15, 0.2) is 18.2 Å². The SMILES string of the molecule is CC[C@@]12C[C@@](C)(O)C(=O)C[C@H]1CCc1cc(O[Si](C)(C)C(C)(C)C)ccc12. The van der Waals surface area contributed by atoms with Gasteiger partial charge in [-0.25, -0.2) is 0 Å². The molecule has 150 valence electrons. The van der Waals surface area contributed by atoms with Gasteiger partial charge in [-0.1, -0.05) is 33.8 Å². The van der Waals surface area contributed by atoms with Crippen molar-refractivity contribution in [2.45, 2.75) is 95.9 Å². The average molecular weight is 389 g/mol. The standard InChI is InChI=1S/C23H36O3Si/c1-8-23-15-22(5,25)20(24)14-17(23)10-9-16-13-18(11-12-19(16)23)26-27(6,7)21(2,3)4/h11-13,17,25H,8-10,14-15H2,1-7H3/t17-,22-,23-/m1/s1. The van der Waals surface area contributed by atoms with Crippen molar-refractivity contribution < 1.29 is 14.3 Å². The zero-order chi connectivity index (χ0) is 20.3. The normalized spacial score (nSPS) is 31.3. The van der Waals surface area contributed by atoms with Crippen LogP contribution in [0.3, 0.4) is 0 Å². The predicted molar refractivity (Wildman–Crippen MR) is 113 cm³/mol. The van der Waals surface area contributed by atoms with Crippen LogP contribution >= 0.6 is 0 Å². The quantitative estimate of drug-likeness (QED) is 0.706. The molecule has 0 aromatic heterocycles. The molecule has 0 aliphatic heterocycles. The van der Waals surface area contributed by atoms with E-state index in [9.17, 15) is 9.90 Å². The topological polar surface area (TPSA) is 46.5 Å². The van der Waals surface area contributed by atoms with E-state index in [4.69, 9.17) is 4.43 Å². The molecule has 3 rings (SSSR count). The third-order valence-corrected chi connectivity index (χ3v) is 12.0. The summed E-state index contributed by atoms with van der Waals surface area (Å²) in [6, 6.07) is 6.57. The lowest BCUT2D eigenvalue weighted by molar-refractivity contribution is -0.146. The summed E-state index contributed by atoms with van der Waals surface area (Å²) in [5.41, 5.74) is 1.36. The highest BCUT2D eigenvalue weighted by Crippen LogP contribution is 2.54. The summed E-state index contributed by atoms with van der Waals surface area (Å²) in [5, 5.41) is 10.9. The summed E-state index contributed by atoms with van der Waals surface area (Å²) in [4.78, 5) is 12.4. The molecule has 0 spiro atoms. The molecular formula is C23H36O3Si. The van der Waals surface area contributed by atoms with Crippen LogP contribution in [0.25, 0.3) is 0 Å². The number of carbonyl (C=O) groups excluding carboxylic acids is 1. The van der Waals surface area contributed by atoms with Crippen molar-refractivity contribution in [3.05, 3.63) is 29.3 Å². The van der Waals surface area contributed by atoms with Gasteiger partial charge < -0.3 is 9.53 Å². The molecule has 1 saturated carbocycles. The lowest BCUT2D eigenvalue weighted by atomic mass is 9.53. The molecule has 0 amide bonds. The highest BCUT2D eigenvalue weighted by molar-refractivity contribution is 6.74. The van der Waals surface area contributed by atoms with Gasteiger partial charge in [-0.15, -0.1) is 0 Å². The van der Waals surface area contributed by atoms with E-state index in [1.165, 1.54) is 11.1 Å². The number of benzene rings is 1. The zero-order valence-electron chi connectivity index (χ0n) is 18.1. The Balaban J connectivity index is 1.98. The van der Waals surface area contributed by atoms with Gasteiger partial charge in [0.15, 0.2) is 5.78 Å². The van der Waals surface area contributed by atoms with Crippen LogP contribution in [0, 0.1) is 5.92 Å². The molecule has 3 nitrogen and oxygen atoms in total. The Kier molecular flexibility index (Phi) is 4.92. The lowest BCUT2D eigenvalue weighted by Crippen LogP contribution is -2.54. The van der Waals surface area contributed by atoms with Crippen molar-refractivity contribution in [3.8, 4) is 5.75 Å². The number of ketones is 1. The number of Topliss-reactive ketones (excluding diaryl/α,β-unsaturated/α-hetero) is 1. The second-order valence-electron chi connectivity index (χ2n) is 10.5. The first-order chi connectivity index (χ1) is 12.3. The number of hydrogen-bond donors (Lipinski definition) is 1. The Morgan fingerprint density at radius 3 is 2.56 bits per heavy atom. The number of fused-ring (bicyclic) bond motifs is 3. The number of hydrogen-bond acceptors (Lipinski definition) is 3. The molecule has 2 aliphatic rings. The molecule has 0 unspecified atom stereocenters. The summed E-state index contributed by atoms with van der Waals surface area (Å²) in [5.74, 6) is 1.33. The van der Waals surface area contributed by atoms with E-state index in [0.29, 0.717) is 18.8 Å². The van der Waals surface area contributed by atoms with Crippen LogP contribution in [0.5, 0.6) is 5.75 Å². The third kappa shape index (κ3) is 3.40. The molecule has 27 heavy (non-hydrogen) atoms. The van der Waals surface area contributed by atoms with Crippen LogP contribution in [-0.2, 0) is 16.6 Å². The number of rotatable bonds is 3. The molecule has 4 heteroatoms.